The summed E-state index contributed by atoms with van der Waals surface area (Å²) in [5.74, 6) is 0.652. The summed E-state index contributed by atoms with van der Waals surface area (Å²) in [6, 6.07) is 7.18. The van der Waals surface area contributed by atoms with Gasteiger partial charge in [-0.25, -0.2) is 0 Å². The first-order valence-corrected chi connectivity index (χ1v) is 7.67. The quantitative estimate of drug-likeness (QED) is 0.873. The summed E-state index contributed by atoms with van der Waals surface area (Å²) in [6.45, 7) is 0.909. The second-order valence-corrected chi connectivity index (χ2v) is 5.76. The van der Waals surface area contributed by atoms with Gasteiger partial charge in [0.05, 0.1) is 13.5 Å². The molecule has 1 aliphatic rings. The first-order chi connectivity index (χ1) is 11.3. The van der Waals surface area contributed by atoms with Crippen LogP contribution in [0.4, 0.5) is 13.2 Å². The van der Waals surface area contributed by atoms with Crippen LogP contribution in [0.15, 0.2) is 24.3 Å². The van der Waals surface area contributed by atoms with Crippen LogP contribution in [0.5, 0.6) is 5.75 Å². The van der Waals surface area contributed by atoms with E-state index in [0.717, 1.165) is 5.56 Å². The normalized spacial score (nSPS) is 17.6. The summed E-state index contributed by atoms with van der Waals surface area (Å²) < 4.78 is 42.1. The van der Waals surface area contributed by atoms with Crippen LogP contribution >= 0.6 is 0 Å². The molecule has 134 valence electrons. The number of methoxy groups -OCH3 is 1. The van der Waals surface area contributed by atoms with E-state index in [1.54, 1.807) is 24.1 Å². The van der Waals surface area contributed by atoms with Gasteiger partial charge in [0.15, 0.2) is 6.10 Å². The Labute approximate surface area is 138 Å². The van der Waals surface area contributed by atoms with Gasteiger partial charge in [0.1, 0.15) is 5.75 Å². The van der Waals surface area contributed by atoms with Crippen LogP contribution in [-0.4, -0.2) is 72.9 Å². The molecule has 0 radical (unpaired) electrons. The minimum absolute atomic E-state index is 0.0591. The van der Waals surface area contributed by atoms with Gasteiger partial charge in [-0.05, 0) is 17.7 Å². The summed E-state index contributed by atoms with van der Waals surface area (Å²) in [7, 11) is 1.56. The van der Waals surface area contributed by atoms with Crippen LogP contribution in [0.1, 0.15) is 5.56 Å². The molecule has 1 unspecified atom stereocenters. The number of amides is 1. The van der Waals surface area contributed by atoms with E-state index in [1.807, 2.05) is 12.1 Å². The van der Waals surface area contributed by atoms with Gasteiger partial charge in [-0.2, -0.15) is 13.2 Å². The van der Waals surface area contributed by atoms with Crippen molar-refractivity contribution in [2.24, 2.45) is 0 Å². The van der Waals surface area contributed by atoms with Crippen molar-refractivity contribution in [3.05, 3.63) is 29.8 Å². The van der Waals surface area contributed by atoms with Crippen LogP contribution in [0.25, 0.3) is 0 Å². The van der Waals surface area contributed by atoms with Crippen LogP contribution < -0.4 is 4.74 Å². The monoisotopic (exact) mass is 346 g/mol. The fourth-order valence-electron chi connectivity index (χ4n) is 2.56. The Morgan fingerprint density at radius 1 is 1.21 bits per heavy atom. The molecular formula is C16H21F3N2O3. The number of hydrogen-bond donors (Lipinski definition) is 1. The van der Waals surface area contributed by atoms with Crippen molar-refractivity contribution < 1.29 is 27.8 Å². The highest BCUT2D eigenvalue weighted by atomic mass is 19.4. The number of piperazine rings is 1. The van der Waals surface area contributed by atoms with E-state index in [4.69, 9.17) is 9.84 Å². The second kappa shape index (κ2) is 7.85. The lowest BCUT2D eigenvalue weighted by atomic mass is 10.1. The molecule has 1 atom stereocenters. The van der Waals surface area contributed by atoms with Gasteiger partial charge in [0, 0.05) is 32.7 Å². The standard InChI is InChI=1S/C16H21F3N2O3/c1-24-13-4-2-12(3-5-13)10-15(23)21-8-6-20(7-9-21)11-14(22)16(17,18)19/h2-5,14,22H,6-11H2,1H3. The molecule has 1 amide bonds. The van der Waals surface area contributed by atoms with Crippen LogP contribution in [0.3, 0.4) is 0 Å². The van der Waals surface area contributed by atoms with E-state index in [0.29, 0.717) is 31.9 Å². The highest BCUT2D eigenvalue weighted by molar-refractivity contribution is 5.78. The third-order valence-corrected chi connectivity index (χ3v) is 4.05. The maximum Gasteiger partial charge on any atom is 0.415 e. The molecule has 1 aromatic rings. The summed E-state index contributed by atoms with van der Waals surface area (Å²) in [4.78, 5) is 15.4. The maximum atomic E-state index is 12.4. The molecule has 1 aliphatic heterocycles. The van der Waals surface area contributed by atoms with E-state index in [2.05, 4.69) is 0 Å². The zero-order chi connectivity index (χ0) is 17.7. The Bertz CT molecular complexity index is 540. The molecule has 24 heavy (non-hydrogen) atoms. The van der Waals surface area contributed by atoms with Gasteiger partial charge < -0.3 is 14.7 Å². The van der Waals surface area contributed by atoms with Gasteiger partial charge >= 0.3 is 6.18 Å². The van der Waals surface area contributed by atoms with Crippen molar-refractivity contribution in [3.63, 3.8) is 0 Å². The molecule has 5 nitrogen and oxygen atoms in total. The lowest BCUT2D eigenvalue weighted by Crippen LogP contribution is -2.52. The summed E-state index contributed by atoms with van der Waals surface area (Å²) >= 11 is 0. The lowest BCUT2D eigenvalue weighted by Gasteiger charge is -2.35. The van der Waals surface area contributed by atoms with Crippen molar-refractivity contribution >= 4 is 5.91 Å². The highest BCUT2D eigenvalue weighted by Crippen LogP contribution is 2.21. The van der Waals surface area contributed by atoms with Crippen LogP contribution in [-0.2, 0) is 11.2 Å². The topological polar surface area (TPSA) is 53.0 Å². The number of halogens is 3. The Hall–Kier alpha value is -1.80. The number of carbonyl (C=O) groups excluding carboxylic acids is 1. The van der Waals surface area contributed by atoms with E-state index < -0.39 is 18.8 Å². The predicted molar refractivity (Wildman–Crippen MR) is 81.8 cm³/mol. The molecule has 0 aliphatic carbocycles. The molecule has 0 bridgehead atoms. The molecule has 0 saturated carbocycles. The molecule has 0 aromatic heterocycles. The summed E-state index contributed by atoms with van der Waals surface area (Å²) in [5.41, 5.74) is 0.857. The number of aliphatic hydroxyl groups is 1. The minimum Gasteiger partial charge on any atom is -0.497 e. The molecule has 1 heterocycles. The van der Waals surface area contributed by atoms with Crippen LogP contribution in [0, 0.1) is 0 Å². The smallest absolute Gasteiger partial charge is 0.415 e. The molecule has 8 heteroatoms. The number of benzene rings is 1. The Morgan fingerprint density at radius 3 is 2.29 bits per heavy atom. The van der Waals surface area contributed by atoms with Gasteiger partial charge in [-0.15, -0.1) is 0 Å². The van der Waals surface area contributed by atoms with Crippen molar-refractivity contribution in [2.75, 3.05) is 39.8 Å². The fraction of sp³-hybridized carbons (Fsp3) is 0.562. The Morgan fingerprint density at radius 2 is 1.79 bits per heavy atom. The van der Waals surface area contributed by atoms with Crippen molar-refractivity contribution in [1.29, 1.82) is 0 Å². The largest absolute Gasteiger partial charge is 0.497 e. The molecule has 2 rings (SSSR count). The number of ether oxygens (including phenoxy) is 1. The maximum absolute atomic E-state index is 12.4. The highest BCUT2D eigenvalue weighted by Gasteiger charge is 2.39. The lowest BCUT2D eigenvalue weighted by molar-refractivity contribution is -0.209. The number of rotatable bonds is 5. The van der Waals surface area contributed by atoms with Crippen LogP contribution in [0.2, 0.25) is 0 Å². The van der Waals surface area contributed by atoms with Gasteiger partial charge in [-0.1, -0.05) is 12.1 Å². The summed E-state index contributed by atoms with van der Waals surface area (Å²) in [6.07, 6.45) is -6.71. The number of hydrogen-bond acceptors (Lipinski definition) is 4. The Kier molecular flexibility index (Phi) is 6.06. The fourth-order valence-corrected chi connectivity index (χ4v) is 2.56. The zero-order valence-electron chi connectivity index (χ0n) is 13.4. The number of β-amino-alcohol motifs (C(OH)–C–C–N with tert-alkyl or cyclic N) is 1. The second-order valence-electron chi connectivity index (χ2n) is 5.76. The molecule has 1 aromatic carbocycles. The molecule has 1 saturated heterocycles. The van der Waals surface area contributed by atoms with Gasteiger partial charge in [0.25, 0.3) is 0 Å². The number of aliphatic hydroxyl groups excluding tert-OH is 1. The van der Waals surface area contributed by atoms with Crippen molar-refractivity contribution in [3.8, 4) is 5.75 Å². The molecule has 1 fully saturated rings. The number of carbonyl (C=O) groups is 1. The average molecular weight is 346 g/mol. The van der Waals surface area contributed by atoms with E-state index in [1.165, 1.54) is 4.90 Å². The van der Waals surface area contributed by atoms with E-state index >= 15 is 0 Å². The van der Waals surface area contributed by atoms with Crippen molar-refractivity contribution in [1.82, 2.24) is 9.80 Å². The van der Waals surface area contributed by atoms with Gasteiger partial charge in [0.2, 0.25) is 5.91 Å². The number of alkyl halides is 3. The first-order valence-electron chi connectivity index (χ1n) is 7.67. The Balaban J connectivity index is 1.79. The zero-order valence-corrected chi connectivity index (χ0v) is 13.4. The molecule has 1 N–H and O–H groups in total. The average Bonchev–Trinajstić information content (AvgIpc) is 2.55. The predicted octanol–water partition coefficient (Wildman–Crippen LogP) is 1.31. The minimum atomic E-state index is -4.61. The SMILES string of the molecule is COc1ccc(CC(=O)N2CCN(CC(O)C(F)(F)F)CC2)cc1. The third-order valence-electron chi connectivity index (χ3n) is 4.05. The van der Waals surface area contributed by atoms with E-state index in [9.17, 15) is 18.0 Å². The third kappa shape index (κ3) is 5.10. The van der Waals surface area contributed by atoms with E-state index in [-0.39, 0.29) is 12.3 Å². The summed E-state index contributed by atoms with van der Waals surface area (Å²) in [5, 5.41) is 9.09. The number of nitrogens with zero attached hydrogens (tertiary/aromatic N) is 2. The van der Waals surface area contributed by atoms with Crippen molar-refractivity contribution in [2.45, 2.75) is 18.7 Å². The first kappa shape index (κ1) is 18.5. The molecule has 0 spiro atoms. The van der Waals surface area contributed by atoms with Gasteiger partial charge in [-0.3, -0.25) is 9.69 Å². The molecular weight excluding hydrogens is 325 g/mol.